The number of hydrogen-bond donors (Lipinski definition) is 0. The third kappa shape index (κ3) is 12.2. The first-order chi connectivity index (χ1) is 28.5. The van der Waals surface area contributed by atoms with Gasteiger partial charge in [0.05, 0.1) is 53.4 Å². The molecule has 0 atom stereocenters. The fraction of sp³-hybridized carbons (Fsp3) is 0.0952. The number of carbonyl (C=O) groups is 2. The highest BCUT2D eigenvalue weighted by molar-refractivity contribution is 9.10. The summed E-state index contributed by atoms with van der Waals surface area (Å²) in [7, 11) is 0. The van der Waals surface area contributed by atoms with Gasteiger partial charge in [-0.3, -0.25) is 4.79 Å². The minimum Gasteiger partial charge on any atom is -0.461 e. The van der Waals surface area contributed by atoms with Crippen LogP contribution in [0.2, 0.25) is 0 Å². The molecule has 4 aromatic carbocycles. The minimum atomic E-state index is -4.22. The number of carbonyl (C=O) groups excluding carboxylic acids is 2. The maximum atomic E-state index is 14.3. The topological polar surface area (TPSA) is 135 Å². The van der Waals surface area contributed by atoms with Crippen molar-refractivity contribution in [1.29, 1.82) is 10.5 Å². The first-order valence-electron chi connectivity index (χ1n) is 16.8. The van der Waals surface area contributed by atoms with Crippen LogP contribution in [-0.2, 0) is 21.4 Å². The highest BCUT2D eigenvalue weighted by Gasteiger charge is 2.45. The molecule has 0 bridgehead atoms. The average molecular weight is 898 g/mol. The first kappa shape index (κ1) is 45.5. The summed E-state index contributed by atoms with van der Waals surface area (Å²) >= 11 is 3.25. The highest BCUT2D eigenvalue weighted by Crippen LogP contribution is 2.35. The van der Waals surface area contributed by atoms with Crippen LogP contribution < -0.4 is 9.47 Å². The summed E-state index contributed by atoms with van der Waals surface area (Å²) in [5.41, 5.74) is -2.00. The number of alkyl halides is 4. The Kier molecular flexibility index (Phi) is 15.5. The lowest BCUT2D eigenvalue weighted by molar-refractivity contribution is -0.173. The Bertz CT molecular complexity index is 2510. The van der Waals surface area contributed by atoms with Gasteiger partial charge in [-0.1, -0.05) is 0 Å². The monoisotopic (exact) mass is 896 g/mol. The molecule has 2 heterocycles. The quantitative estimate of drug-likeness (QED) is 0.0570. The average Bonchev–Trinajstić information content (AvgIpc) is 3.22. The Morgan fingerprint density at radius 1 is 0.617 bits per heavy atom. The van der Waals surface area contributed by atoms with E-state index in [2.05, 4.69) is 36.7 Å². The van der Waals surface area contributed by atoms with Gasteiger partial charge in [0.15, 0.2) is 0 Å². The van der Waals surface area contributed by atoms with Crippen molar-refractivity contribution < 1.29 is 58.9 Å². The van der Waals surface area contributed by atoms with Gasteiger partial charge in [-0.2, -0.15) is 28.1 Å². The van der Waals surface area contributed by atoms with Crippen LogP contribution in [0.1, 0.15) is 39.7 Å². The molecule has 0 aliphatic heterocycles. The van der Waals surface area contributed by atoms with Crippen molar-refractivity contribution in [3.63, 3.8) is 0 Å². The number of nitrogens with zero attached hydrogens (tertiary/aromatic N) is 4. The molecule has 306 valence electrons. The second kappa shape index (κ2) is 20.5. The van der Waals surface area contributed by atoms with Crippen molar-refractivity contribution in [2.24, 2.45) is 0 Å². The van der Waals surface area contributed by atoms with Gasteiger partial charge in [0.2, 0.25) is 0 Å². The lowest BCUT2D eigenvalue weighted by Gasteiger charge is -2.16. The normalized spacial score (nSPS) is 10.7. The van der Waals surface area contributed by atoms with Crippen LogP contribution in [0.5, 0.6) is 23.0 Å². The van der Waals surface area contributed by atoms with Crippen LogP contribution in [0, 0.1) is 45.9 Å². The predicted molar refractivity (Wildman–Crippen MR) is 200 cm³/mol. The number of nitriles is 2. The Hall–Kier alpha value is -7.18. The molecular weight excluding hydrogens is 872 g/mol. The zero-order chi connectivity index (χ0) is 44.0. The fourth-order valence-corrected chi connectivity index (χ4v) is 4.80. The van der Waals surface area contributed by atoms with Gasteiger partial charge in [0, 0.05) is 12.1 Å². The summed E-state index contributed by atoms with van der Waals surface area (Å²) in [5.74, 6) is -15.1. The van der Waals surface area contributed by atoms with E-state index in [4.69, 9.17) is 20.0 Å². The van der Waals surface area contributed by atoms with Gasteiger partial charge in [0.1, 0.15) is 56.6 Å². The molecule has 0 amide bonds. The second-order valence-corrected chi connectivity index (χ2v) is 12.4. The van der Waals surface area contributed by atoms with E-state index in [0.29, 0.717) is 52.6 Å². The number of ketones is 1. The number of pyridine rings is 2. The largest absolute Gasteiger partial charge is 0.461 e. The summed E-state index contributed by atoms with van der Waals surface area (Å²) in [6, 6.07) is 25.8. The van der Waals surface area contributed by atoms with Crippen molar-refractivity contribution in [3.8, 4) is 35.1 Å². The number of hydrogen-bond acceptors (Lipinski definition) is 9. The Balaban J connectivity index is 0.000000213. The van der Waals surface area contributed by atoms with Gasteiger partial charge in [0.25, 0.3) is 5.78 Å². The van der Waals surface area contributed by atoms with Crippen molar-refractivity contribution in [2.75, 3.05) is 6.61 Å². The number of esters is 1. The van der Waals surface area contributed by atoms with Crippen LogP contribution in [-0.4, -0.2) is 28.3 Å². The summed E-state index contributed by atoms with van der Waals surface area (Å²) < 4.78 is 123. The van der Waals surface area contributed by atoms with E-state index in [-0.39, 0.29) is 24.5 Å². The zero-order valence-corrected chi connectivity index (χ0v) is 32.1. The van der Waals surface area contributed by atoms with Gasteiger partial charge < -0.3 is 14.2 Å². The molecule has 0 aliphatic rings. The molecule has 0 unspecified atom stereocenters. The molecular formula is C42H25BrF8N4O5. The van der Waals surface area contributed by atoms with E-state index < -0.39 is 63.7 Å². The molecule has 0 aliphatic carbocycles. The Morgan fingerprint density at radius 2 is 1.05 bits per heavy atom. The standard InChI is InChI=1S/C20H10F4N2O2.C12H7BrN2O.C10H8F4O2/c21-13-3-7-16(17(22)9-13)20(23,24)19(27)18-8-6-15(11-26-18)28-14-4-1-12(10-25)2-5-14;13-12-6-5-11(8-15-12)16-10-3-1-9(7-14)2-4-10;1-2-16-9(15)10(13,14)7-4-3-6(11)5-8(7)12/h1-9,11H;1-6,8H;3-5H,2H2,1H3. The lowest BCUT2D eigenvalue weighted by atomic mass is 10.0. The van der Waals surface area contributed by atoms with Crippen molar-refractivity contribution >= 4 is 27.7 Å². The molecule has 0 saturated carbocycles. The third-order valence-corrected chi connectivity index (χ3v) is 7.93. The van der Waals surface area contributed by atoms with E-state index >= 15 is 0 Å². The molecule has 0 radical (unpaired) electrons. The zero-order valence-electron chi connectivity index (χ0n) is 30.5. The first-order valence-corrected chi connectivity index (χ1v) is 17.6. The molecule has 6 rings (SSSR count). The summed E-state index contributed by atoms with van der Waals surface area (Å²) in [5, 5.41) is 17.4. The van der Waals surface area contributed by atoms with Crippen LogP contribution in [0.15, 0.2) is 126 Å². The number of Topliss-reactive ketones (excluding diaryl/α,β-unsaturated/α-hetero) is 1. The summed E-state index contributed by atoms with van der Waals surface area (Å²) in [6.45, 7) is 1.09. The number of benzene rings is 4. The lowest BCUT2D eigenvalue weighted by Crippen LogP contribution is -2.29. The van der Waals surface area contributed by atoms with Gasteiger partial charge in [-0.25, -0.2) is 32.3 Å². The van der Waals surface area contributed by atoms with Crippen LogP contribution >= 0.6 is 15.9 Å². The molecule has 0 saturated heterocycles. The number of aromatic nitrogens is 2. The molecule has 18 heteroatoms. The molecule has 0 fully saturated rings. The van der Waals surface area contributed by atoms with E-state index in [1.807, 2.05) is 12.1 Å². The van der Waals surface area contributed by atoms with Crippen LogP contribution in [0.3, 0.4) is 0 Å². The summed E-state index contributed by atoms with van der Waals surface area (Å²) in [4.78, 5) is 30.7. The van der Waals surface area contributed by atoms with Gasteiger partial charge in [-0.05, 0) is 120 Å². The minimum absolute atomic E-state index is 0.164. The SMILES string of the molecule is CCOC(=O)C(F)(F)c1ccc(F)cc1F.N#Cc1ccc(Oc2ccc(Br)nc2)cc1.N#Cc1ccc(Oc2ccc(C(=O)C(F)(F)c3ccc(F)cc3F)nc2)cc1. The van der Waals surface area contributed by atoms with Crippen LogP contribution in [0.25, 0.3) is 0 Å². The molecule has 0 spiro atoms. The Morgan fingerprint density at radius 3 is 1.43 bits per heavy atom. The number of ether oxygens (including phenoxy) is 3. The van der Waals surface area contributed by atoms with Crippen LogP contribution in [0.4, 0.5) is 35.1 Å². The van der Waals surface area contributed by atoms with Gasteiger partial charge >= 0.3 is 17.8 Å². The number of rotatable bonds is 10. The molecule has 0 N–H and O–H groups in total. The second-order valence-electron chi connectivity index (χ2n) is 11.6. The summed E-state index contributed by atoms with van der Waals surface area (Å²) in [6.07, 6.45) is 2.69. The van der Waals surface area contributed by atoms with E-state index in [1.165, 1.54) is 37.3 Å². The highest BCUT2D eigenvalue weighted by atomic mass is 79.9. The Labute approximate surface area is 344 Å². The smallest absolute Gasteiger partial charge is 0.382 e. The van der Waals surface area contributed by atoms with E-state index in [9.17, 15) is 44.7 Å². The van der Waals surface area contributed by atoms with Gasteiger partial charge in [-0.15, -0.1) is 0 Å². The van der Waals surface area contributed by atoms with Crippen molar-refractivity contribution in [2.45, 2.75) is 18.8 Å². The van der Waals surface area contributed by atoms with Crippen molar-refractivity contribution in [1.82, 2.24) is 9.97 Å². The van der Waals surface area contributed by atoms with E-state index in [0.717, 1.165) is 16.9 Å². The number of halogens is 9. The van der Waals surface area contributed by atoms with E-state index in [1.54, 1.807) is 36.5 Å². The molecule has 60 heavy (non-hydrogen) atoms. The maximum absolute atomic E-state index is 14.3. The van der Waals surface area contributed by atoms with Crippen molar-refractivity contribution in [3.05, 3.63) is 177 Å². The molecule has 6 aromatic rings. The molecule has 9 nitrogen and oxygen atoms in total. The fourth-order valence-electron chi connectivity index (χ4n) is 4.57. The third-order valence-electron chi connectivity index (χ3n) is 7.46. The predicted octanol–water partition coefficient (Wildman–Crippen LogP) is 11.1. The maximum Gasteiger partial charge on any atom is 0.382 e. The molecule has 2 aromatic heterocycles.